The molecule has 132 heavy (non-hydrogen) atoms. The van der Waals surface area contributed by atoms with Gasteiger partial charge in [0.15, 0.2) is 23.0 Å². The number of furan rings is 1. The molecule has 0 saturated carbocycles. The van der Waals surface area contributed by atoms with Gasteiger partial charge in [-0.1, -0.05) is 246 Å². The third-order valence-electron chi connectivity index (χ3n) is 20.7. The number of ether oxygens (including phenoxy) is 4. The van der Waals surface area contributed by atoms with Gasteiger partial charge in [-0.15, -0.1) is 0 Å². The van der Waals surface area contributed by atoms with E-state index in [0.717, 1.165) is 213 Å². The third kappa shape index (κ3) is 39.3. The standard InChI is InChI=1S/C28H34N2O3.3C23H32N2O3.C5H6.C4H4O.C4H4S/c1-3-5-17-30(18-6-4-2)26-20-23(28(31)32)19-25(29-21-22-13-9-7-10-14-22)27(26)33-24-15-11-8-12-16-24;3*1-4-7-14-25(15-8-5-2)21-17-18(23(26)27)16-20(24-6-3)22(21)28-19-12-10-9-11-13-19;3*1-2-4-5-3-1/h7-16,19-20,29H,3-6,17-18,21H2,1-2H3,(H,31,32);3*9-13,16-17,24H,4-8,14-15H2,1-3H3,(H,26,27);1-4H,5H2;2*1-4H. The summed E-state index contributed by atoms with van der Waals surface area (Å²) in [5.41, 5.74) is 8.28. The Hall–Kier alpha value is -13.1. The molecule has 2 heterocycles. The molecule has 21 nitrogen and oxygen atoms in total. The highest BCUT2D eigenvalue weighted by Crippen LogP contribution is 2.46. The molecule has 22 heteroatoms. The molecule has 0 saturated heterocycles. The minimum absolute atomic E-state index is 0.249. The van der Waals surface area contributed by atoms with Crippen LogP contribution in [0.2, 0.25) is 0 Å². The van der Waals surface area contributed by atoms with E-state index in [9.17, 15) is 39.6 Å². The van der Waals surface area contributed by atoms with Gasteiger partial charge in [-0.25, -0.2) is 19.2 Å². The molecule has 0 unspecified atom stereocenters. The average molecular weight is 1820 g/mol. The van der Waals surface area contributed by atoms with Crippen LogP contribution in [0.5, 0.6) is 46.0 Å². The molecule has 1 aliphatic rings. The largest absolute Gasteiger partial charge is 0.478 e. The predicted molar refractivity (Wildman–Crippen MR) is 550 cm³/mol. The monoisotopic (exact) mass is 1820 g/mol. The maximum atomic E-state index is 12.0. The van der Waals surface area contributed by atoms with Gasteiger partial charge in [0.2, 0.25) is 0 Å². The highest BCUT2D eigenvalue weighted by molar-refractivity contribution is 7.07. The highest BCUT2D eigenvalue weighted by atomic mass is 32.1. The van der Waals surface area contributed by atoms with Crippen LogP contribution in [0.1, 0.15) is 232 Å². The number of benzene rings is 9. The fourth-order valence-corrected chi connectivity index (χ4v) is 14.1. The van der Waals surface area contributed by atoms with Crippen molar-refractivity contribution in [3.05, 3.63) is 300 Å². The Morgan fingerprint density at radius 3 is 0.727 bits per heavy atom. The van der Waals surface area contributed by atoms with Crippen LogP contribution in [0, 0.1) is 0 Å². The maximum absolute atomic E-state index is 12.0. The summed E-state index contributed by atoms with van der Waals surface area (Å²) in [4.78, 5) is 56.3. The molecule has 0 fully saturated rings. The molecule has 0 spiro atoms. The van der Waals surface area contributed by atoms with E-state index >= 15 is 0 Å². The fourth-order valence-electron chi connectivity index (χ4n) is 13.7. The Kier molecular flexibility index (Phi) is 52.7. The van der Waals surface area contributed by atoms with E-state index in [1.165, 1.54) is 0 Å². The Balaban J connectivity index is 0.000000256. The van der Waals surface area contributed by atoms with Crippen LogP contribution >= 0.6 is 11.3 Å². The predicted octanol–water partition coefficient (Wildman–Crippen LogP) is 29.8. The fraction of sp³-hybridized carbons (Fsp3) is 0.364. The first kappa shape index (κ1) is 108. The van der Waals surface area contributed by atoms with E-state index in [1.807, 2.05) is 207 Å². The highest BCUT2D eigenvalue weighted by Gasteiger charge is 2.27. The summed E-state index contributed by atoms with van der Waals surface area (Å²) in [6.07, 6.45) is 29.7. The van der Waals surface area contributed by atoms with E-state index in [0.29, 0.717) is 71.9 Å². The normalized spacial score (nSPS) is 10.6. The summed E-state index contributed by atoms with van der Waals surface area (Å²) in [5, 5.41) is 56.1. The number of aromatic carboxylic acids is 4. The quantitative estimate of drug-likeness (QED) is 0.0176. The molecule has 0 bridgehead atoms. The molecule has 708 valence electrons. The molecular weight excluding hydrogens is 1670 g/mol. The van der Waals surface area contributed by atoms with Crippen molar-refractivity contribution in [2.75, 3.05) is 113 Å². The van der Waals surface area contributed by atoms with E-state index in [-0.39, 0.29) is 22.3 Å². The smallest absolute Gasteiger partial charge is 0.335 e. The SMILES string of the molecule is C1=CCC=C1.CCCCN(CCCC)c1cc(C(=O)O)cc(NCC)c1Oc1ccccc1.CCCCN(CCCC)c1cc(C(=O)O)cc(NCC)c1Oc1ccccc1.CCCCN(CCCC)c1cc(C(=O)O)cc(NCC)c1Oc1ccccc1.CCCCN(CCCC)c1cc(C(=O)O)cc(NCc2ccccc2)c1Oc1ccccc1.c1ccoc1.c1ccsc1. The van der Waals surface area contributed by atoms with E-state index in [1.54, 1.807) is 72.4 Å². The summed E-state index contributed by atoms with van der Waals surface area (Å²) in [6.45, 7) is 32.8. The molecule has 0 radical (unpaired) electrons. The zero-order chi connectivity index (χ0) is 95.1. The number of anilines is 8. The second-order valence-corrected chi connectivity index (χ2v) is 32.1. The van der Waals surface area contributed by atoms with E-state index < -0.39 is 23.9 Å². The van der Waals surface area contributed by atoms with Gasteiger partial charge in [0.05, 0.1) is 80.3 Å². The Bertz CT molecular complexity index is 4620. The summed E-state index contributed by atoms with van der Waals surface area (Å²) >= 11 is 1.71. The van der Waals surface area contributed by atoms with E-state index in [4.69, 9.17) is 18.9 Å². The summed E-state index contributed by atoms with van der Waals surface area (Å²) < 4.78 is 29.8. The van der Waals surface area contributed by atoms with Gasteiger partial charge in [0.1, 0.15) is 23.0 Å². The first-order valence-electron chi connectivity index (χ1n) is 47.2. The summed E-state index contributed by atoms with van der Waals surface area (Å²) in [5.74, 6) is 1.89. The number of hydrogen-bond donors (Lipinski definition) is 8. The van der Waals surface area contributed by atoms with Crippen molar-refractivity contribution in [2.45, 2.75) is 192 Å². The molecule has 12 rings (SSSR count). The van der Waals surface area contributed by atoms with Crippen molar-refractivity contribution in [3.8, 4) is 46.0 Å². The first-order valence-corrected chi connectivity index (χ1v) is 48.2. The third-order valence-corrected chi connectivity index (χ3v) is 21.3. The summed E-state index contributed by atoms with van der Waals surface area (Å²) in [7, 11) is 0. The van der Waals surface area contributed by atoms with Crippen LogP contribution in [-0.2, 0) is 6.54 Å². The zero-order valence-corrected chi connectivity index (χ0v) is 80.5. The Morgan fingerprint density at radius 1 is 0.311 bits per heavy atom. The number of carbonyl (C=O) groups is 4. The van der Waals surface area contributed by atoms with Crippen LogP contribution < -0.4 is 59.8 Å². The first-order chi connectivity index (χ1) is 64.4. The number of rotatable bonds is 49. The lowest BCUT2D eigenvalue weighted by molar-refractivity contribution is 0.0686. The maximum Gasteiger partial charge on any atom is 0.335 e. The number of allylic oxidation sites excluding steroid dienone is 4. The number of hydrogen-bond acceptors (Lipinski definition) is 18. The van der Waals surface area contributed by atoms with Crippen molar-refractivity contribution < 1.29 is 63.0 Å². The molecule has 11 aromatic rings. The average Bonchev–Trinajstić information content (AvgIpc) is 1.56. The zero-order valence-electron chi connectivity index (χ0n) is 79.6. The molecule has 2 aromatic heterocycles. The van der Waals surface area contributed by atoms with Crippen LogP contribution in [0.3, 0.4) is 0 Å². The molecule has 8 N–H and O–H groups in total. The van der Waals surface area contributed by atoms with Crippen LogP contribution in [0.4, 0.5) is 45.5 Å². The van der Waals surface area contributed by atoms with Crippen molar-refractivity contribution >= 4 is 80.7 Å². The van der Waals surface area contributed by atoms with E-state index in [2.05, 4.69) is 125 Å². The number of carboxylic acid groups (broad SMARTS) is 4. The van der Waals surface area contributed by atoms with Gasteiger partial charge in [-0.3, -0.25) is 0 Å². The minimum atomic E-state index is -0.948. The minimum Gasteiger partial charge on any atom is -0.478 e. The number of nitrogens with zero attached hydrogens (tertiary/aromatic N) is 4. The van der Waals surface area contributed by atoms with Crippen molar-refractivity contribution in [2.24, 2.45) is 0 Å². The summed E-state index contributed by atoms with van der Waals surface area (Å²) in [6, 6.07) is 69.9. The molecule has 0 atom stereocenters. The van der Waals surface area contributed by atoms with Gasteiger partial charge in [-0.05, 0) is 204 Å². The van der Waals surface area contributed by atoms with Gasteiger partial charge in [-0.2, -0.15) is 11.3 Å². The lowest BCUT2D eigenvalue weighted by Crippen LogP contribution is -2.26. The number of unbranched alkanes of at least 4 members (excludes halogenated alkanes) is 8. The second kappa shape index (κ2) is 64.6. The van der Waals surface area contributed by atoms with Crippen molar-refractivity contribution in [3.63, 3.8) is 0 Å². The number of thiophene rings is 1. The molecule has 9 aromatic carbocycles. The van der Waals surface area contributed by atoms with Gasteiger partial charge >= 0.3 is 23.9 Å². The van der Waals surface area contributed by atoms with Crippen LogP contribution in [0.25, 0.3) is 0 Å². The van der Waals surface area contributed by atoms with Gasteiger partial charge < -0.3 is 84.7 Å². The number of nitrogens with one attached hydrogen (secondary N) is 4. The lowest BCUT2D eigenvalue weighted by Gasteiger charge is -2.29. The lowest BCUT2D eigenvalue weighted by atomic mass is 10.1. The molecule has 0 amide bonds. The molecular formula is C110H144N8O13S. The van der Waals surface area contributed by atoms with Gasteiger partial charge in [0, 0.05) is 78.5 Å². The van der Waals surface area contributed by atoms with Crippen molar-refractivity contribution in [1.29, 1.82) is 0 Å². The topological polar surface area (TPSA) is 260 Å². The Morgan fingerprint density at radius 2 is 0.545 bits per heavy atom. The Labute approximate surface area is 789 Å². The number of carboxylic acids is 4. The molecule has 1 aliphatic carbocycles. The van der Waals surface area contributed by atoms with Crippen LogP contribution in [0.15, 0.2) is 276 Å². The number of para-hydroxylation sites is 4. The van der Waals surface area contributed by atoms with Gasteiger partial charge in [0.25, 0.3) is 0 Å². The van der Waals surface area contributed by atoms with Crippen molar-refractivity contribution in [1.82, 2.24) is 0 Å². The van der Waals surface area contributed by atoms with Crippen LogP contribution in [-0.4, -0.2) is 116 Å². The second-order valence-electron chi connectivity index (χ2n) is 31.3. The molecule has 0 aliphatic heterocycles.